The summed E-state index contributed by atoms with van der Waals surface area (Å²) in [4.78, 5) is 30.0. The molecule has 0 aliphatic rings. The van der Waals surface area contributed by atoms with E-state index in [9.17, 15) is 18.0 Å². The van der Waals surface area contributed by atoms with Gasteiger partial charge in [-0.25, -0.2) is 18.2 Å². The van der Waals surface area contributed by atoms with Crippen LogP contribution >= 0.6 is 0 Å². The molecule has 0 saturated carbocycles. The summed E-state index contributed by atoms with van der Waals surface area (Å²) in [7, 11) is -3.30. The Morgan fingerprint density at radius 1 is 1.42 bits per heavy atom. The molecule has 8 nitrogen and oxygen atoms in total. The van der Waals surface area contributed by atoms with Gasteiger partial charge in [-0.2, -0.15) is 0 Å². The van der Waals surface area contributed by atoms with Gasteiger partial charge in [-0.1, -0.05) is 0 Å². The number of aromatic nitrogens is 2. The van der Waals surface area contributed by atoms with Crippen LogP contribution in [0, 0.1) is 0 Å². The molecule has 0 fully saturated rings. The van der Waals surface area contributed by atoms with Gasteiger partial charge in [-0.3, -0.25) is 9.78 Å². The summed E-state index contributed by atoms with van der Waals surface area (Å²) >= 11 is 0. The molecular weight excluding hydrogens is 274 g/mol. The normalized spacial score (nSPS) is 12.7. The summed E-state index contributed by atoms with van der Waals surface area (Å²) in [6, 6.07) is -1.29. The average Bonchev–Trinajstić information content (AvgIpc) is 2.33. The highest BCUT2D eigenvalue weighted by molar-refractivity contribution is 7.90. The number of sulfone groups is 1. The third-order valence-electron chi connectivity index (χ3n) is 2.18. The molecule has 0 aromatic carbocycles. The van der Waals surface area contributed by atoms with Gasteiger partial charge >= 0.3 is 5.97 Å². The van der Waals surface area contributed by atoms with Crippen molar-refractivity contribution in [1.82, 2.24) is 15.3 Å². The molecule has 1 atom stereocenters. The number of hydrogen-bond acceptors (Lipinski definition) is 6. The number of amides is 1. The number of nitrogens with zero attached hydrogens (tertiary/aromatic N) is 2. The maximum absolute atomic E-state index is 11.7. The van der Waals surface area contributed by atoms with Crippen molar-refractivity contribution < 1.29 is 23.1 Å². The highest BCUT2D eigenvalue weighted by Crippen LogP contribution is 1.99. The topological polar surface area (TPSA) is 126 Å². The SMILES string of the molecule is CS(=O)(=O)CCC(NC(=O)c1cnccn1)C(=O)O. The van der Waals surface area contributed by atoms with Crippen LogP contribution < -0.4 is 5.32 Å². The van der Waals surface area contributed by atoms with E-state index in [2.05, 4.69) is 15.3 Å². The Kier molecular flexibility index (Phi) is 4.93. The monoisotopic (exact) mass is 287 g/mol. The molecular formula is C10H13N3O5S. The van der Waals surface area contributed by atoms with Crippen LogP contribution in [-0.2, 0) is 14.6 Å². The molecule has 0 radical (unpaired) electrons. The van der Waals surface area contributed by atoms with Crippen molar-refractivity contribution >= 4 is 21.7 Å². The standard InChI is InChI=1S/C10H13N3O5S/c1-19(17,18)5-2-7(10(15)16)13-9(14)8-6-11-3-4-12-8/h3-4,6-7H,2,5H2,1H3,(H,13,14)(H,15,16). The molecule has 1 rings (SSSR count). The first kappa shape index (κ1) is 15.0. The molecule has 19 heavy (non-hydrogen) atoms. The third-order valence-corrected chi connectivity index (χ3v) is 3.15. The van der Waals surface area contributed by atoms with E-state index in [4.69, 9.17) is 5.11 Å². The zero-order valence-corrected chi connectivity index (χ0v) is 10.9. The fraction of sp³-hybridized carbons (Fsp3) is 0.400. The largest absolute Gasteiger partial charge is 0.480 e. The lowest BCUT2D eigenvalue weighted by Gasteiger charge is -2.13. The molecule has 9 heteroatoms. The summed E-state index contributed by atoms with van der Waals surface area (Å²) in [6.45, 7) is 0. The molecule has 0 spiro atoms. The highest BCUT2D eigenvalue weighted by Gasteiger charge is 2.22. The lowest BCUT2D eigenvalue weighted by atomic mass is 10.2. The molecule has 1 heterocycles. The smallest absolute Gasteiger partial charge is 0.326 e. The number of rotatable bonds is 6. The molecule has 0 saturated heterocycles. The van der Waals surface area contributed by atoms with E-state index < -0.39 is 27.8 Å². The zero-order chi connectivity index (χ0) is 14.5. The average molecular weight is 287 g/mol. The number of aliphatic carboxylic acids is 1. The third kappa shape index (κ3) is 5.42. The Hall–Kier alpha value is -2.03. The Morgan fingerprint density at radius 2 is 2.11 bits per heavy atom. The lowest BCUT2D eigenvalue weighted by Crippen LogP contribution is -2.42. The van der Waals surface area contributed by atoms with Crippen LogP contribution in [0.15, 0.2) is 18.6 Å². The fourth-order valence-electron chi connectivity index (χ4n) is 1.24. The van der Waals surface area contributed by atoms with Crippen molar-refractivity contribution in [2.24, 2.45) is 0 Å². The predicted molar refractivity (Wildman–Crippen MR) is 65.2 cm³/mol. The van der Waals surface area contributed by atoms with E-state index in [1.807, 2.05) is 0 Å². The number of carboxylic acids is 1. The van der Waals surface area contributed by atoms with Gasteiger partial charge in [0.05, 0.1) is 11.9 Å². The van der Waals surface area contributed by atoms with Gasteiger partial charge in [-0.05, 0) is 6.42 Å². The lowest BCUT2D eigenvalue weighted by molar-refractivity contribution is -0.139. The minimum absolute atomic E-state index is 0.0342. The van der Waals surface area contributed by atoms with Crippen molar-refractivity contribution in [2.75, 3.05) is 12.0 Å². The van der Waals surface area contributed by atoms with Crippen LogP contribution in [0.2, 0.25) is 0 Å². The van der Waals surface area contributed by atoms with Crippen molar-refractivity contribution in [1.29, 1.82) is 0 Å². The van der Waals surface area contributed by atoms with Gasteiger partial charge in [0.25, 0.3) is 5.91 Å². The molecule has 0 aliphatic carbocycles. The summed E-state index contributed by atoms with van der Waals surface area (Å²) in [5.74, 6) is -2.35. The Labute approximate surface area is 109 Å². The summed E-state index contributed by atoms with van der Waals surface area (Å²) in [5.41, 5.74) is -0.0342. The number of hydrogen-bond donors (Lipinski definition) is 2. The fourth-order valence-corrected chi connectivity index (χ4v) is 1.90. The first-order valence-electron chi connectivity index (χ1n) is 5.27. The van der Waals surface area contributed by atoms with Crippen LogP contribution in [0.25, 0.3) is 0 Å². The predicted octanol–water partition coefficient (Wildman–Crippen LogP) is -0.906. The van der Waals surface area contributed by atoms with Crippen molar-refractivity contribution in [3.63, 3.8) is 0 Å². The van der Waals surface area contributed by atoms with E-state index in [0.29, 0.717) is 0 Å². The second-order valence-corrected chi connectivity index (χ2v) is 6.13. The minimum Gasteiger partial charge on any atom is -0.480 e. The van der Waals surface area contributed by atoms with Gasteiger partial charge in [0.15, 0.2) is 0 Å². The molecule has 104 valence electrons. The first-order valence-corrected chi connectivity index (χ1v) is 7.33. The van der Waals surface area contributed by atoms with Crippen LogP contribution in [0.3, 0.4) is 0 Å². The van der Waals surface area contributed by atoms with E-state index in [1.165, 1.54) is 18.6 Å². The molecule has 1 aromatic rings. The summed E-state index contributed by atoms with van der Waals surface area (Å²) < 4.78 is 22.0. The van der Waals surface area contributed by atoms with Crippen LogP contribution in [0.4, 0.5) is 0 Å². The maximum Gasteiger partial charge on any atom is 0.326 e. The van der Waals surface area contributed by atoms with E-state index in [0.717, 1.165) is 6.26 Å². The maximum atomic E-state index is 11.7. The highest BCUT2D eigenvalue weighted by atomic mass is 32.2. The van der Waals surface area contributed by atoms with Gasteiger partial charge in [0, 0.05) is 18.6 Å². The molecule has 1 aromatic heterocycles. The number of carboxylic acid groups (broad SMARTS) is 1. The molecule has 0 aliphatic heterocycles. The molecule has 0 bridgehead atoms. The molecule has 1 unspecified atom stereocenters. The van der Waals surface area contributed by atoms with Gasteiger partial charge in [0.2, 0.25) is 0 Å². The van der Waals surface area contributed by atoms with E-state index in [1.54, 1.807) is 0 Å². The second-order valence-electron chi connectivity index (χ2n) is 3.87. The number of carbonyl (C=O) groups excluding carboxylic acids is 1. The van der Waals surface area contributed by atoms with Crippen LogP contribution in [0.1, 0.15) is 16.9 Å². The van der Waals surface area contributed by atoms with Crippen LogP contribution in [-0.4, -0.2) is 53.4 Å². The first-order chi connectivity index (χ1) is 8.79. The van der Waals surface area contributed by atoms with Crippen molar-refractivity contribution in [3.05, 3.63) is 24.3 Å². The van der Waals surface area contributed by atoms with Gasteiger partial charge in [-0.15, -0.1) is 0 Å². The van der Waals surface area contributed by atoms with E-state index in [-0.39, 0.29) is 17.9 Å². The second kappa shape index (κ2) is 6.23. The Balaban J connectivity index is 2.69. The van der Waals surface area contributed by atoms with E-state index >= 15 is 0 Å². The zero-order valence-electron chi connectivity index (χ0n) is 10.1. The Morgan fingerprint density at radius 3 is 2.58 bits per heavy atom. The summed E-state index contributed by atoms with van der Waals surface area (Å²) in [6.07, 6.45) is 4.64. The van der Waals surface area contributed by atoms with Crippen molar-refractivity contribution in [3.8, 4) is 0 Å². The number of nitrogens with one attached hydrogen (secondary N) is 1. The van der Waals surface area contributed by atoms with Gasteiger partial charge < -0.3 is 10.4 Å². The minimum atomic E-state index is -3.30. The Bertz CT molecular complexity index is 558. The molecule has 1 amide bonds. The number of carbonyl (C=O) groups is 2. The van der Waals surface area contributed by atoms with Crippen molar-refractivity contribution in [2.45, 2.75) is 12.5 Å². The summed E-state index contributed by atoms with van der Waals surface area (Å²) in [5, 5.41) is 11.1. The molecule has 2 N–H and O–H groups in total. The van der Waals surface area contributed by atoms with Gasteiger partial charge in [0.1, 0.15) is 21.6 Å². The quantitative estimate of drug-likeness (QED) is 0.693. The van der Waals surface area contributed by atoms with Crippen LogP contribution in [0.5, 0.6) is 0 Å².